The standard InChI is InChI=1S/C12H22N4O3S/c1-2-11-8-14-12(19-11)9-15-20(17,18)16-6-4-3-5-10(16)7-13/h8,10,15H,2-7,9,13H2,1H3. The van der Waals surface area contributed by atoms with Gasteiger partial charge in [0.2, 0.25) is 5.89 Å². The fourth-order valence-electron chi connectivity index (χ4n) is 2.36. The first-order valence-corrected chi connectivity index (χ1v) is 8.41. The summed E-state index contributed by atoms with van der Waals surface area (Å²) in [4.78, 5) is 4.04. The molecule has 1 aliphatic rings. The van der Waals surface area contributed by atoms with Gasteiger partial charge in [-0.3, -0.25) is 0 Å². The van der Waals surface area contributed by atoms with E-state index in [0.29, 0.717) is 19.0 Å². The maximum atomic E-state index is 12.3. The molecule has 0 aromatic carbocycles. The SMILES string of the molecule is CCc1cnc(CNS(=O)(=O)N2CCCCC2CN)o1. The predicted molar refractivity (Wildman–Crippen MR) is 75.0 cm³/mol. The molecular formula is C12H22N4O3S. The Morgan fingerprint density at radius 3 is 3.00 bits per heavy atom. The van der Waals surface area contributed by atoms with Gasteiger partial charge < -0.3 is 10.2 Å². The Kier molecular flexibility index (Phi) is 5.14. The molecule has 0 radical (unpaired) electrons. The smallest absolute Gasteiger partial charge is 0.280 e. The molecular weight excluding hydrogens is 280 g/mol. The highest BCUT2D eigenvalue weighted by Gasteiger charge is 2.31. The van der Waals surface area contributed by atoms with Crippen LogP contribution in [0.2, 0.25) is 0 Å². The van der Waals surface area contributed by atoms with Gasteiger partial charge in [0.15, 0.2) is 0 Å². The van der Waals surface area contributed by atoms with Crippen molar-refractivity contribution < 1.29 is 12.8 Å². The van der Waals surface area contributed by atoms with Gasteiger partial charge in [-0.1, -0.05) is 13.3 Å². The van der Waals surface area contributed by atoms with E-state index in [1.165, 1.54) is 4.31 Å². The van der Waals surface area contributed by atoms with Gasteiger partial charge in [0.25, 0.3) is 10.2 Å². The molecule has 0 aliphatic carbocycles. The van der Waals surface area contributed by atoms with Gasteiger partial charge in [-0.05, 0) is 12.8 Å². The lowest BCUT2D eigenvalue weighted by Crippen LogP contribution is -2.51. The van der Waals surface area contributed by atoms with Crippen LogP contribution in [0.25, 0.3) is 0 Å². The van der Waals surface area contributed by atoms with Crippen molar-refractivity contribution in [3.05, 3.63) is 17.8 Å². The molecule has 20 heavy (non-hydrogen) atoms. The first-order chi connectivity index (χ1) is 9.56. The maximum absolute atomic E-state index is 12.3. The van der Waals surface area contributed by atoms with E-state index >= 15 is 0 Å². The average molecular weight is 302 g/mol. The van der Waals surface area contributed by atoms with Crippen LogP contribution in [0.15, 0.2) is 10.6 Å². The number of nitrogens with two attached hydrogens (primary N) is 1. The van der Waals surface area contributed by atoms with E-state index in [4.69, 9.17) is 10.2 Å². The molecule has 1 unspecified atom stereocenters. The molecule has 1 aromatic heterocycles. The lowest BCUT2D eigenvalue weighted by molar-refractivity contribution is 0.254. The third-order valence-corrected chi connectivity index (χ3v) is 5.12. The molecule has 7 nitrogen and oxygen atoms in total. The van der Waals surface area contributed by atoms with E-state index in [1.54, 1.807) is 6.20 Å². The highest BCUT2D eigenvalue weighted by molar-refractivity contribution is 7.87. The van der Waals surface area contributed by atoms with Gasteiger partial charge >= 0.3 is 0 Å². The Hall–Kier alpha value is -0.960. The van der Waals surface area contributed by atoms with Crippen molar-refractivity contribution in [3.63, 3.8) is 0 Å². The fourth-order valence-corrected chi connectivity index (χ4v) is 3.78. The molecule has 0 bridgehead atoms. The van der Waals surface area contributed by atoms with Crippen molar-refractivity contribution in [2.75, 3.05) is 13.1 Å². The molecule has 3 N–H and O–H groups in total. The topological polar surface area (TPSA) is 101 Å². The van der Waals surface area contributed by atoms with Crippen LogP contribution < -0.4 is 10.5 Å². The fraction of sp³-hybridized carbons (Fsp3) is 0.750. The van der Waals surface area contributed by atoms with Crippen molar-refractivity contribution in [3.8, 4) is 0 Å². The molecule has 0 spiro atoms. The molecule has 2 heterocycles. The van der Waals surface area contributed by atoms with Crippen molar-refractivity contribution in [1.82, 2.24) is 14.0 Å². The minimum absolute atomic E-state index is 0.0656. The Morgan fingerprint density at radius 1 is 1.55 bits per heavy atom. The Balaban J connectivity index is 1.99. The van der Waals surface area contributed by atoms with Crippen LogP contribution in [-0.2, 0) is 23.2 Å². The van der Waals surface area contributed by atoms with E-state index in [1.807, 2.05) is 6.92 Å². The molecule has 114 valence electrons. The van der Waals surface area contributed by atoms with Crippen LogP contribution in [0.1, 0.15) is 37.8 Å². The Bertz CT molecular complexity index is 529. The summed E-state index contributed by atoms with van der Waals surface area (Å²) in [5.74, 6) is 1.13. The highest BCUT2D eigenvalue weighted by Crippen LogP contribution is 2.19. The predicted octanol–water partition coefficient (Wildman–Crippen LogP) is 0.385. The van der Waals surface area contributed by atoms with Gasteiger partial charge in [-0.15, -0.1) is 0 Å². The molecule has 1 aromatic rings. The summed E-state index contributed by atoms with van der Waals surface area (Å²) in [5, 5.41) is 0. The summed E-state index contributed by atoms with van der Waals surface area (Å²) in [6.07, 6.45) is 5.06. The molecule has 8 heteroatoms. The Morgan fingerprint density at radius 2 is 2.35 bits per heavy atom. The van der Waals surface area contributed by atoms with Crippen molar-refractivity contribution in [2.24, 2.45) is 5.73 Å². The summed E-state index contributed by atoms with van der Waals surface area (Å²) in [6, 6.07) is -0.114. The number of oxazole rings is 1. The summed E-state index contributed by atoms with van der Waals surface area (Å²) >= 11 is 0. The zero-order chi connectivity index (χ0) is 14.6. The zero-order valence-electron chi connectivity index (χ0n) is 11.7. The molecule has 1 saturated heterocycles. The lowest BCUT2D eigenvalue weighted by atomic mass is 10.1. The third kappa shape index (κ3) is 3.57. The van der Waals surface area contributed by atoms with Gasteiger partial charge in [0, 0.05) is 25.6 Å². The van der Waals surface area contributed by atoms with Crippen LogP contribution in [0.5, 0.6) is 0 Å². The van der Waals surface area contributed by atoms with Crippen LogP contribution in [0.3, 0.4) is 0 Å². The minimum Gasteiger partial charge on any atom is -0.444 e. The molecule has 1 fully saturated rings. The monoisotopic (exact) mass is 302 g/mol. The second-order valence-electron chi connectivity index (χ2n) is 4.90. The van der Waals surface area contributed by atoms with Crippen LogP contribution >= 0.6 is 0 Å². The molecule has 2 rings (SSSR count). The lowest BCUT2D eigenvalue weighted by Gasteiger charge is -2.33. The first kappa shape index (κ1) is 15.4. The van der Waals surface area contributed by atoms with Gasteiger partial charge in [-0.2, -0.15) is 17.4 Å². The van der Waals surface area contributed by atoms with E-state index in [-0.39, 0.29) is 12.6 Å². The molecule has 1 aliphatic heterocycles. The van der Waals surface area contributed by atoms with Crippen LogP contribution in [0.4, 0.5) is 0 Å². The summed E-state index contributed by atoms with van der Waals surface area (Å²) in [5.41, 5.74) is 5.65. The zero-order valence-corrected chi connectivity index (χ0v) is 12.5. The van der Waals surface area contributed by atoms with Crippen molar-refractivity contribution >= 4 is 10.2 Å². The van der Waals surface area contributed by atoms with E-state index in [9.17, 15) is 8.42 Å². The molecule has 0 amide bonds. The number of aryl methyl sites for hydroxylation is 1. The van der Waals surface area contributed by atoms with Crippen LogP contribution in [0, 0.1) is 0 Å². The van der Waals surface area contributed by atoms with Crippen molar-refractivity contribution in [2.45, 2.75) is 45.2 Å². The number of rotatable bonds is 6. The number of nitrogens with zero attached hydrogens (tertiary/aromatic N) is 2. The van der Waals surface area contributed by atoms with Crippen LogP contribution in [-0.4, -0.2) is 36.8 Å². The minimum atomic E-state index is -3.54. The second-order valence-corrected chi connectivity index (χ2v) is 6.60. The maximum Gasteiger partial charge on any atom is 0.280 e. The van der Waals surface area contributed by atoms with E-state index in [0.717, 1.165) is 31.4 Å². The number of piperidine rings is 1. The van der Waals surface area contributed by atoms with Crippen molar-refractivity contribution in [1.29, 1.82) is 0 Å². The largest absolute Gasteiger partial charge is 0.444 e. The average Bonchev–Trinajstić information content (AvgIpc) is 2.93. The third-order valence-electron chi connectivity index (χ3n) is 3.51. The second kappa shape index (κ2) is 6.66. The van der Waals surface area contributed by atoms with Gasteiger partial charge in [-0.25, -0.2) is 4.98 Å². The normalized spacial score (nSPS) is 21.2. The molecule has 0 saturated carbocycles. The number of aromatic nitrogens is 1. The number of nitrogens with one attached hydrogen (secondary N) is 1. The van der Waals surface area contributed by atoms with Gasteiger partial charge in [0.05, 0.1) is 12.7 Å². The quantitative estimate of drug-likeness (QED) is 0.791. The van der Waals surface area contributed by atoms with E-state index in [2.05, 4.69) is 9.71 Å². The first-order valence-electron chi connectivity index (χ1n) is 6.97. The summed E-state index contributed by atoms with van der Waals surface area (Å²) in [6.45, 7) is 2.88. The Labute approximate surface area is 119 Å². The molecule has 1 atom stereocenters. The van der Waals surface area contributed by atoms with E-state index < -0.39 is 10.2 Å². The number of hydrogen-bond acceptors (Lipinski definition) is 5. The summed E-state index contributed by atoms with van der Waals surface area (Å²) < 4.78 is 34.0. The summed E-state index contributed by atoms with van der Waals surface area (Å²) in [7, 11) is -3.54. The van der Waals surface area contributed by atoms with Gasteiger partial charge in [0.1, 0.15) is 5.76 Å². The number of hydrogen-bond donors (Lipinski definition) is 2. The highest BCUT2D eigenvalue weighted by atomic mass is 32.2.